The summed E-state index contributed by atoms with van der Waals surface area (Å²) in [5.41, 5.74) is 10.2. The first kappa shape index (κ1) is 20.4. The van der Waals surface area contributed by atoms with Crippen molar-refractivity contribution in [3.8, 4) is 5.75 Å². The number of carbonyl (C=O) groups excluding carboxylic acids is 1. The largest absolute Gasteiger partial charge is 0.496 e. The van der Waals surface area contributed by atoms with Gasteiger partial charge in [0.2, 0.25) is 11.9 Å². The van der Waals surface area contributed by atoms with Gasteiger partial charge in [-0.05, 0) is 20.3 Å². The van der Waals surface area contributed by atoms with Gasteiger partial charge in [-0.1, -0.05) is 18.7 Å². The summed E-state index contributed by atoms with van der Waals surface area (Å²) in [6, 6.07) is 0. The van der Waals surface area contributed by atoms with Gasteiger partial charge in [0, 0.05) is 30.3 Å². The molecule has 1 aliphatic heterocycles. The fraction of sp³-hybridized carbons (Fsp3) is 0.450. The number of thioether (sulfide) groups is 1. The number of pyridine rings is 1. The Hall–Kier alpha value is -2.88. The van der Waals surface area contributed by atoms with Crippen LogP contribution in [0.3, 0.4) is 0 Å². The molecule has 4 heterocycles. The molecule has 3 N–H and O–H groups in total. The van der Waals surface area contributed by atoms with E-state index in [2.05, 4.69) is 20.3 Å². The van der Waals surface area contributed by atoms with Crippen molar-refractivity contribution in [3.05, 3.63) is 28.7 Å². The second kappa shape index (κ2) is 8.10. The maximum absolute atomic E-state index is 12.6. The predicted octanol–water partition coefficient (Wildman–Crippen LogP) is 2.02. The molecule has 3 aromatic rings. The van der Waals surface area contributed by atoms with Crippen molar-refractivity contribution in [1.82, 2.24) is 30.0 Å². The van der Waals surface area contributed by atoms with Gasteiger partial charge in [0.1, 0.15) is 10.8 Å². The summed E-state index contributed by atoms with van der Waals surface area (Å²) in [5, 5.41) is 9.01. The number of hydrogen-bond acceptors (Lipinski definition) is 8. The summed E-state index contributed by atoms with van der Waals surface area (Å²) in [6.07, 6.45) is 3.21. The van der Waals surface area contributed by atoms with Crippen molar-refractivity contribution in [3.63, 3.8) is 0 Å². The lowest BCUT2D eigenvalue weighted by atomic mass is 10.1. The van der Waals surface area contributed by atoms with Crippen LogP contribution in [-0.4, -0.2) is 49.5 Å². The van der Waals surface area contributed by atoms with Gasteiger partial charge in [-0.2, -0.15) is 10.1 Å². The number of nitrogens with zero attached hydrogens (tertiary/aromatic N) is 5. The van der Waals surface area contributed by atoms with E-state index in [0.717, 1.165) is 40.1 Å². The molecule has 0 aliphatic carbocycles. The Bertz CT molecular complexity index is 1130. The topological polar surface area (TPSA) is 121 Å². The minimum absolute atomic E-state index is 0.00633. The zero-order chi connectivity index (χ0) is 21.4. The third-order valence-electron chi connectivity index (χ3n) is 5.17. The average molecular weight is 428 g/mol. The second-order valence-corrected chi connectivity index (χ2v) is 8.53. The Morgan fingerprint density at radius 3 is 2.93 bits per heavy atom. The van der Waals surface area contributed by atoms with E-state index in [9.17, 15) is 4.79 Å². The molecule has 30 heavy (non-hydrogen) atoms. The van der Waals surface area contributed by atoms with Crippen LogP contribution < -0.4 is 15.8 Å². The number of nitrogen functional groups attached to an aromatic ring is 1. The molecule has 0 spiro atoms. The van der Waals surface area contributed by atoms with Crippen LogP contribution in [0.1, 0.15) is 35.9 Å². The van der Waals surface area contributed by atoms with E-state index in [1.807, 2.05) is 20.8 Å². The van der Waals surface area contributed by atoms with E-state index < -0.39 is 0 Å². The molecular formula is C20H25N7O2S. The number of anilines is 1. The molecule has 0 bridgehead atoms. The van der Waals surface area contributed by atoms with Gasteiger partial charge in [0.25, 0.3) is 0 Å². The van der Waals surface area contributed by atoms with Crippen LogP contribution in [0.2, 0.25) is 0 Å². The van der Waals surface area contributed by atoms with E-state index in [0.29, 0.717) is 30.2 Å². The number of aromatic nitrogens is 5. The van der Waals surface area contributed by atoms with Crippen LogP contribution in [0.25, 0.3) is 11.0 Å². The van der Waals surface area contributed by atoms with Gasteiger partial charge >= 0.3 is 0 Å². The molecule has 158 valence electrons. The quantitative estimate of drug-likeness (QED) is 0.573. The summed E-state index contributed by atoms with van der Waals surface area (Å²) in [4.78, 5) is 25.9. The van der Waals surface area contributed by atoms with Crippen LogP contribution >= 0.6 is 11.8 Å². The molecule has 0 aromatic carbocycles. The van der Waals surface area contributed by atoms with Crippen molar-refractivity contribution in [2.45, 2.75) is 50.4 Å². The molecule has 3 aromatic heterocycles. The highest BCUT2D eigenvalue weighted by atomic mass is 32.2. The molecule has 1 aliphatic rings. The Balaban J connectivity index is 1.73. The zero-order valence-electron chi connectivity index (χ0n) is 17.5. The van der Waals surface area contributed by atoms with E-state index >= 15 is 0 Å². The normalized spacial score (nSPS) is 15.4. The highest BCUT2D eigenvalue weighted by Crippen LogP contribution is 2.38. The average Bonchev–Trinajstić information content (AvgIpc) is 3.06. The maximum Gasteiger partial charge on any atom is 0.233 e. The van der Waals surface area contributed by atoms with Gasteiger partial charge in [-0.3, -0.25) is 9.78 Å². The summed E-state index contributed by atoms with van der Waals surface area (Å²) < 4.78 is 7.32. The number of methoxy groups -OCH3 is 1. The molecule has 1 amide bonds. The highest BCUT2D eigenvalue weighted by Gasteiger charge is 2.32. The van der Waals surface area contributed by atoms with Crippen molar-refractivity contribution in [2.24, 2.45) is 0 Å². The standard InChI is InChI=1S/C20H25N7O2S/c1-5-6-22-18(28)14-7-12-15-17(24-20(21)25-19(15)30-14)27(26-12)9-13-11(3)16(29-4)10(2)8-23-13/h8,14H,5-7,9H2,1-4H3,(H,22,28)(H2,21,24,25). The van der Waals surface area contributed by atoms with Gasteiger partial charge in [-0.15, -0.1) is 0 Å². The zero-order valence-corrected chi connectivity index (χ0v) is 18.3. The summed E-state index contributed by atoms with van der Waals surface area (Å²) in [6.45, 7) is 7.05. The van der Waals surface area contributed by atoms with Crippen molar-refractivity contribution < 1.29 is 9.53 Å². The first-order valence-electron chi connectivity index (χ1n) is 9.89. The molecule has 1 unspecified atom stereocenters. The van der Waals surface area contributed by atoms with Crippen LogP contribution in [0, 0.1) is 13.8 Å². The minimum Gasteiger partial charge on any atom is -0.496 e. The predicted molar refractivity (Wildman–Crippen MR) is 116 cm³/mol. The first-order chi connectivity index (χ1) is 14.4. The molecule has 9 nitrogen and oxygen atoms in total. The van der Waals surface area contributed by atoms with Crippen molar-refractivity contribution in [2.75, 3.05) is 19.4 Å². The fourth-order valence-electron chi connectivity index (χ4n) is 3.70. The van der Waals surface area contributed by atoms with Crippen LogP contribution in [0.4, 0.5) is 5.95 Å². The molecule has 0 radical (unpaired) electrons. The molecule has 1 atom stereocenters. The van der Waals surface area contributed by atoms with Gasteiger partial charge in [0.05, 0.1) is 35.7 Å². The molecule has 4 rings (SSSR count). The number of amides is 1. The maximum atomic E-state index is 12.6. The lowest BCUT2D eigenvalue weighted by molar-refractivity contribution is -0.120. The van der Waals surface area contributed by atoms with Gasteiger partial charge in [-0.25, -0.2) is 9.67 Å². The number of hydrogen-bond donors (Lipinski definition) is 2. The number of rotatable bonds is 6. The van der Waals surface area contributed by atoms with Crippen LogP contribution in [0.5, 0.6) is 5.75 Å². The van der Waals surface area contributed by atoms with E-state index in [-0.39, 0.29) is 17.1 Å². The lowest BCUT2D eigenvalue weighted by Gasteiger charge is -2.19. The van der Waals surface area contributed by atoms with E-state index in [1.165, 1.54) is 11.8 Å². The fourth-order valence-corrected chi connectivity index (χ4v) is 4.87. The Morgan fingerprint density at radius 2 is 2.20 bits per heavy atom. The number of carbonyl (C=O) groups is 1. The van der Waals surface area contributed by atoms with Crippen LogP contribution in [0.15, 0.2) is 11.2 Å². The van der Waals surface area contributed by atoms with Crippen molar-refractivity contribution in [1.29, 1.82) is 0 Å². The van der Waals surface area contributed by atoms with E-state index in [1.54, 1.807) is 18.0 Å². The van der Waals surface area contributed by atoms with E-state index in [4.69, 9.17) is 15.6 Å². The SMILES string of the molecule is CCCNC(=O)C1Cc2nn(Cc3ncc(C)c(OC)c3C)c3nc(N)nc(c23)S1. The Kier molecular flexibility index (Phi) is 5.50. The van der Waals surface area contributed by atoms with Gasteiger partial charge in [0.15, 0.2) is 5.65 Å². The third-order valence-corrected chi connectivity index (χ3v) is 6.36. The van der Waals surface area contributed by atoms with Gasteiger partial charge < -0.3 is 15.8 Å². The molecule has 0 saturated heterocycles. The highest BCUT2D eigenvalue weighted by molar-refractivity contribution is 8.00. The number of nitrogens with one attached hydrogen (secondary N) is 1. The minimum atomic E-state index is -0.288. The van der Waals surface area contributed by atoms with Crippen LogP contribution in [-0.2, 0) is 17.8 Å². The molecule has 0 fully saturated rings. The smallest absolute Gasteiger partial charge is 0.233 e. The molecule has 10 heteroatoms. The Labute approximate surface area is 178 Å². The number of ether oxygens (including phenoxy) is 1. The lowest BCUT2D eigenvalue weighted by Crippen LogP contribution is -2.35. The third kappa shape index (κ3) is 3.55. The monoisotopic (exact) mass is 427 g/mol. The molecule has 0 saturated carbocycles. The number of nitrogens with two attached hydrogens (primary N) is 1. The second-order valence-electron chi connectivity index (χ2n) is 7.34. The number of aryl methyl sites for hydroxylation is 1. The summed E-state index contributed by atoms with van der Waals surface area (Å²) in [7, 11) is 1.66. The molecular weight excluding hydrogens is 402 g/mol. The summed E-state index contributed by atoms with van der Waals surface area (Å²) in [5.74, 6) is 0.977. The van der Waals surface area contributed by atoms with Crippen molar-refractivity contribution >= 4 is 34.7 Å². The first-order valence-corrected chi connectivity index (χ1v) is 10.8. The Morgan fingerprint density at radius 1 is 1.40 bits per heavy atom. The summed E-state index contributed by atoms with van der Waals surface area (Å²) >= 11 is 1.42.